The van der Waals surface area contributed by atoms with Crippen LogP contribution in [0.15, 0.2) is 259 Å². The minimum absolute atomic E-state index is 0.714. The van der Waals surface area contributed by atoms with Gasteiger partial charge in [-0.25, -0.2) is 19.9 Å². The average molecular weight is 955 g/mol. The van der Waals surface area contributed by atoms with Crippen LogP contribution in [-0.2, 0) is 0 Å². The van der Waals surface area contributed by atoms with Gasteiger partial charge in [0.15, 0.2) is 11.6 Å². The molecule has 3 aromatic heterocycles. The Hall–Kier alpha value is -10.1. The molecule has 16 aromatic rings. The first-order valence-corrected chi connectivity index (χ1v) is 25.3. The minimum atomic E-state index is 0.714. The summed E-state index contributed by atoms with van der Waals surface area (Å²) in [6.07, 6.45) is 3.96. The van der Waals surface area contributed by atoms with E-state index in [9.17, 15) is 0 Å². The largest absolute Gasteiger partial charge is 0.455 e. The zero-order valence-corrected chi connectivity index (χ0v) is 40.4. The molecular formula is C70H42N4O. The molecular weight excluding hydrogens is 913 g/mol. The molecule has 0 aliphatic heterocycles. The number of nitrogens with zero attached hydrogens (tertiary/aromatic N) is 4. The summed E-state index contributed by atoms with van der Waals surface area (Å²) in [4.78, 5) is 20.0. The quantitative estimate of drug-likeness (QED) is 0.164. The summed E-state index contributed by atoms with van der Waals surface area (Å²) in [6, 6.07) is 85.2. The van der Waals surface area contributed by atoms with Crippen LogP contribution in [0, 0.1) is 0 Å². The van der Waals surface area contributed by atoms with Gasteiger partial charge in [0.1, 0.15) is 11.2 Å². The fraction of sp³-hybridized carbons (Fsp3) is 0. The summed E-state index contributed by atoms with van der Waals surface area (Å²) < 4.78 is 6.30. The highest BCUT2D eigenvalue weighted by atomic mass is 16.3. The third-order valence-electron chi connectivity index (χ3n) is 15.0. The van der Waals surface area contributed by atoms with Crippen molar-refractivity contribution in [2.75, 3.05) is 0 Å². The molecule has 0 fully saturated rings. The molecule has 0 aliphatic rings. The Kier molecular flexibility index (Phi) is 9.82. The summed E-state index contributed by atoms with van der Waals surface area (Å²) in [5, 5.41) is 19.0. The van der Waals surface area contributed by atoms with Crippen LogP contribution >= 0.6 is 0 Å². The Bertz CT molecular complexity index is 4910. The van der Waals surface area contributed by atoms with Gasteiger partial charge in [-0.05, 0) is 94.8 Å². The molecule has 0 N–H and O–H groups in total. The Labute approximate surface area is 430 Å². The van der Waals surface area contributed by atoms with Crippen LogP contribution in [0.3, 0.4) is 0 Å². The maximum absolute atomic E-state index is 6.30. The van der Waals surface area contributed by atoms with Crippen molar-refractivity contribution in [2.45, 2.75) is 0 Å². The van der Waals surface area contributed by atoms with E-state index in [1.165, 1.54) is 59.4 Å². The van der Waals surface area contributed by atoms with Crippen LogP contribution in [0.5, 0.6) is 0 Å². The van der Waals surface area contributed by atoms with Crippen LogP contribution in [0.1, 0.15) is 0 Å². The maximum Gasteiger partial charge on any atom is 0.159 e. The van der Waals surface area contributed by atoms with E-state index in [4.69, 9.17) is 24.4 Å². The summed E-state index contributed by atoms with van der Waals surface area (Å²) in [7, 11) is 0. The molecule has 348 valence electrons. The van der Waals surface area contributed by atoms with Gasteiger partial charge in [-0.3, -0.25) is 0 Å². The molecule has 0 unspecified atom stereocenters. The lowest BCUT2D eigenvalue weighted by Crippen LogP contribution is -1.93. The van der Waals surface area contributed by atoms with Crippen LogP contribution < -0.4 is 0 Å². The molecule has 5 nitrogen and oxygen atoms in total. The molecule has 0 bridgehead atoms. The van der Waals surface area contributed by atoms with Crippen LogP contribution in [0.2, 0.25) is 0 Å². The Morgan fingerprint density at radius 3 is 1.20 bits per heavy atom. The molecule has 0 saturated heterocycles. The van der Waals surface area contributed by atoms with E-state index in [0.29, 0.717) is 5.82 Å². The number of rotatable bonds is 4. The van der Waals surface area contributed by atoms with Crippen molar-refractivity contribution in [3.63, 3.8) is 0 Å². The highest BCUT2D eigenvalue weighted by Crippen LogP contribution is 2.41. The molecule has 16 rings (SSSR count). The summed E-state index contributed by atoms with van der Waals surface area (Å²) >= 11 is 0. The smallest absolute Gasteiger partial charge is 0.159 e. The Morgan fingerprint density at radius 1 is 0.253 bits per heavy atom. The second-order valence-electron chi connectivity index (χ2n) is 19.2. The van der Waals surface area contributed by atoms with Gasteiger partial charge >= 0.3 is 0 Å². The first kappa shape index (κ1) is 42.6. The van der Waals surface area contributed by atoms with Gasteiger partial charge < -0.3 is 4.42 Å². The van der Waals surface area contributed by atoms with Gasteiger partial charge in [0.25, 0.3) is 0 Å². The molecule has 75 heavy (non-hydrogen) atoms. The van der Waals surface area contributed by atoms with E-state index in [0.717, 1.165) is 88.2 Å². The molecule has 5 heteroatoms. The van der Waals surface area contributed by atoms with Crippen molar-refractivity contribution in [3.8, 4) is 45.0 Å². The number of hydrogen-bond donors (Lipinski definition) is 0. The predicted molar refractivity (Wildman–Crippen MR) is 313 cm³/mol. The second kappa shape index (κ2) is 17.3. The van der Waals surface area contributed by atoms with Crippen molar-refractivity contribution in [3.05, 3.63) is 255 Å². The Balaban J connectivity index is 0.000000132. The van der Waals surface area contributed by atoms with Gasteiger partial charge in [0.2, 0.25) is 0 Å². The second-order valence-corrected chi connectivity index (χ2v) is 19.2. The topological polar surface area (TPSA) is 64.7 Å². The van der Waals surface area contributed by atoms with Crippen molar-refractivity contribution < 1.29 is 4.42 Å². The highest BCUT2D eigenvalue weighted by Gasteiger charge is 2.17. The summed E-state index contributed by atoms with van der Waals surface area (Å²) in [5.74, 6) is 1.46. The number of para-hydroxylation sites is 2. The molecule has 3 heterocycles. The van der Waals surface area contributed by atoms with E-state index in [-0.39, 0.29) is 0 Å². The van der Waals surface area contributed by atoms with E-state index in [1.807, 2.05) is 24.5 Å². The first-order chi connectivity index (χ1) is 37.2. The molecule has 0 aliphatic carbocycles. The monoisotopic (exact) mass is 954 g/mol. The maximum atomic E-state index is 6.30. The molecule has 0 spiro atoms. The standard InChI is InChI=1S/C36H22N2.C34H20N2O/c1-2-13-26-24(10-1)21-33(30-17-5-3-14-27(26)30)23-11-9-12-25(20-23)36-37-22-34-31-18-6-4-15-28(31)29-16-7-8-19-32(29)35(34)38-36;1-2-13-26-24(11-1)25-12-3-4-15-28(25)32-30(26)20-35-34(36-32)22-10-7-9-21(19-22)23-16-8-17-29-27-14-5-6-18-31(27)37-33(23)29/h1-22H;1-20H. The molecule has 13 aromatic carbocycles. The van der Waals surface area contributed by atoms with E-state index >= 15 is 0 Å². The van der Waals surface area contributed by atoms with Crippen molar-refractivity contribution >= 4 is 108 Å². The zero-order valence-electron chi connectivity index (χ0n) is 40.4. The molecule has 0 amide bonds. The summed E-state index contributed by atoms with van der Waals surface area (Å²) in [5.41, 5.74) is 10.3. The first-order valence-electron chi connectivity index (χ1n) is 25.3. The third-order valence-corrected chi connectivity index (χ3v) is 15.0. The number of benzene rings is 13. The lowest BCUT2D eigenvalue weighted by Gasteiger charge is -2.13. The highest BCUT2D eigenvalue weighted by molar-refractivity contribution is 6.25. The third kappa shape index (κ3) is 7.01. The lowest BCUT2D eigenvalue weighted by atomic mass is 9.92. The average Bonchev–Trinajstić information content (AvgIpc) is 3.88. The van der Waals surface area contributed by atoms with Crippen molar-refractivity contribution in [2.24, 2.45) is 0 Å². The van der Waals surface area contributed by atoms with Gasteiger partial charge in [0, 0.05) is 61.4 Å². The van der Waals surface area contributed by atoms with Gasteiger partial charge in [-0.15, -0.1) is 0 Å². The fourth-order valence-corrected chi connectivity index (χ4v) is 11.5. The van der Waals surface area contributed by atoms with Crippen LogP contribution in [-0.4, -0.2) is 19.9 Å². The molecule has 0 atom stereocenters. The number of hydrogen-bond acceptors (Lipinski definition) is 5. The van der Waals surface area contributed by atoms with Crippen molar-refractivity contribution in [1.82, 2.24) is 19.9 Å². The minimum Gasteiger partial charge on any atom is -0.455 e. The number of fused-ring (bicyclic) bond motifs is 18. The van der Waals surface area contributed by atoms with Crippen LogP contribution in [0.4, 0.5) is 0 Å². The number of furan rings is 1. The lowest BCUT2D eigenvalue weighted by molar-refractivity contribution is 0.670. The summed E-state index contributed by atoms with van der Waals surface area (Å²) in [6.45, 7) is 0. The number of aromatic nitrogens is 4. The van der Waals surface area contributed by atoms with Gasteiger partial charge in [-0.1, -0.05) is 218 Å². The Morgan fingerprint density at radius 2 is 0.640 bits per heavy atom. The molecule has 0 saturated carbocycles. The van der Waals surface area contributed by atoms with E-state index < -0.39 is 0 Å². The van der Waals surface area contributed by atoms with Crippen LogP contribution in [0.25, 0.3) is 153 Å². The van der Waals surface area contributed by atoms with Crippen molar-refractivity contribution in [1.29, 1.82) is 0 Å². The van der Waals surface area contributed by atoms with E-state index in [2.05, 4.69) is 231 Å². The zero-order chi connectivity index (χ0) is 49.4. The van der Waals surface area contributed by atoms with E-state index in [1.54, 1.807) is 0 Å². The van der Waals surface area contributed by atoms with Gasteiger partial charge in [-0.2, -0.15) is 0 Å². The SMILES string of the molecule is c1cc(-c2ncc3c4ccccc4c4ccccc4c3n2)cc(-c2cc3ccccc3c3ccccc23)c1.c1cc(-c2ncc3c4ccccc4c4ccccc4c3n2)cc(-c2cccc3c2oc2ccccc23)c1. The fourth-order valence-electron chi connectivity index (χ4n) is 11.5. The predicted octanol–water partition coefficient (Wildman–Crippen LogP) is 18.7. The molecule has 0 radical (unpaired) electrons. The normalized spacial score (nSPS) is 11.7. The van der Waals surface area contributed by atoms with Gasteiger partial charge in [0.05, 0.1) is 11.0 Å².